The molecule has 0 spiro atoms. The number of carbonyl (C=O) groups is 1. The number of amides is 1. The number of hydrogen-bond acceptors (Lipinski definition) is 4. The molecule has 0 aliphatic heterocycles. The van der Waals surface area contributed by atoms with E-state index >= 15 is 0 Å². The van der Waals surface area contributed by atoms with Crippen LogP contribution in [0.25, 0.3) is 5.95 Å². The smallest absolute Gasteiger partial charge is 0.251 e. The Kier molecular flexibility index (Phi) is 5.13. The maximum Gasteiger partial charge on any atom is 0.251 e. The Morgan fingerprint density at radius 3 is 2.47 bits per heavy atom. The standard InChI is InChI=1S/C23H26FN5O/c1-14-10-15(2)27-22(26-14)29-17(4)20(16(3)28-29)12-21(30)25-13-23(8-9-23)18-6-5-7-19(24)11-18/h5-7,10-11H,8-9,12-13H2,1-4H3,(H,25,30). The van der Waals surface area contributed by atoms with Crippen LogP contribution in [0.15, 0.2) is 30.3 Å². The Balaban J connectivity index is 1.47. The van der Waals surface area contributed by atoms with E-state index in [0.29, 0.717) is 12.5 Å². The molecular weight excluding hydrogens is 381 g/mol. The van der Waals surface area contributed by atoms with Gasteiger partial charge in [0, 0.05) is 34.6 Å². The molecule has 30 heavy (non-hydrogen) atoms. The van der Waals surface area contributed by atoms with E-state index in [1.165, 1.54) is 6.07 Å². The molecule has 1 aliphatic rings. The molecule has 2 heterocycles. The summed E-state index contributed by atoms with van der Waals surface area (Å²) < 4.78 is 15.3. The molecule has 1 N–H and O–H groups in total. The fourth-order valence-corrected chi connectivity index (χ4v) is 3.96. The minimum Gasteiger partial charge on any atom is -0.355 e. The summed E-state index contributed by atoms with van der Waals surface area (Å²) in [5, 5.41) is 7.61. The molecule has 1 aromatic carbocycles. The van der Waals surface area contributed by atoms with Crippen molar-refractivity contribution in [3.05, 3.63) is 70.1 Å². The summed E-state index contributed by atoms with van der Waals surface area (Å²) in [6, 6.07) is 8.59. The third kappa shape index (κ3) is 3.97. The fourth-order valence-electron chi connectivity index (χ4n) is 3.96. The lowest BCUT2D eigenvalue weighted by molar-refractivity contribution is -0.120. The molecule has 0 bridgehead atoms. The molecule has 1 aliphatic carbocycles. The number of aryl methyl sites for hydroxylation is 3. The minimum atomic E-state index is -0.239. The number of aromatic nitrogens is 4. The van der Waals surface area contributed by atoms with Crippen LogP contribution in [0.1, 0.15) is 46.7 Å². The number of nitrogens with zero attached hydrogens (tertiary/aromatic N) is 4. The lowest BCUT2D eigenvalue weighted by Crippen LogP contribution is -2.33. The summed E-state index contributed by atoms with van der Waals surface area (Å²) in [7, 11) is 0. The van der Waals surface area contributed by atoms with E-state index in [1.807, 2.05) is 39.8 Å². The third-order valence-electron chi connectivity index (χ3n) is 5.85. The third-order valence-corrected chi connectivity index (χ3v) is 5.85. The van der Waals surface area contributed by atoms with Crippen LogP contribution in [-0.2, 0) is 16.6 Å². The van der Waals surface area contributed by atoms with Gasteiger partial charge in [-0.25, -0.2) is 19.0 Å². The van der Waals surface area contributed by atoms with Crippen LogP contribution in [0.5, 0.6) is 0 Å². The van der Waals surface area contributed by atoms with Crippen molar-refractivity contribution in [1.82, 2.24) is 25.1 Å². The Morgan fingerprint density at radius 2 is 1.83 bits per heavy atom. The molecule has 0 unspecified atom stereocenters. The monoisotopic (exact) mass is 407 g/mol. The van der Waals surface area contributed by atoms with Crippen molar-refractivity contribution in [3.63, 3.8) is 0 Å². The van der Waals surface area contributed by atoms with Gasteiger partial charge in [-0.05, 0) is 64.3 Å². The number of halogens is 1. The highest BCUT2D eigenvalue weighted by atomic mass is 19.1. The average molecular weight is 407 g/mol. The first-order valence-corrected chi connectivity index (χ1v) is 10.2. The van der Waals surface area contributed by atoms with Gasteiger partial charge in [0.1, 0.15) is 5.82 Å². The van der Waals surface area contributed by atoms with Gasteiger partial charge in [-0.1, -0.05) is 12.1 Å². The quantitative estimate of drug-likeness (QED) is 0.680. The predicted octanol–water partition coefficient (Wildman–Crippen LogP) is 3.43. The lowest BCUT2D eigenvalue weighted by atomic mass is 9.95. The van der Waals surface area contributed by atoms with Crippen LogP contribution in [0, 0.1) is 33.5 Å². The van der Waals surface area contributed by atoms with Crippen LogP contribution in [0.3, 0.4) is 0 Å². The Morgan fingerprint density at radius 1 is 1.13 bits per heavy atom. The van der Waals surface area contributed by atoms with Crippen molar-refractivity contribution in [2.24, 2.45) is 0 Å². The average Bonchev–Trinajstić information content (AvgIpc) is 3.43. The van der Waals surface area contributed by atoms with E-state index in [9.17, 15) is 9.18 Å². The highest BCUT2D eigenvalue weighted by Crippen LogP contribution is 2.47. The van der Waals surface area contributed by atoms with E-state index in [4.69, 9.17) is 0 Å². The molecule has 2 aromatic heterocycles. The van der Waals surface area contributed by atoms with E-state index in [1.54, 1.807) is 16.8 Å². The molecule has 1 saturated carbocycles. The van der Waals surface area contributed by atoms with E-state index < -0.39 is 0 Å². The van der Waals surface area contributed by atoms with Gasteiger partial charge in [0.2, 0.25) is 5.91 Å². The summed E-state index contributed by atoms with van der Waals surface area (Å²) in [5.74, 6) is 0.213. The number of hydrogen-bond donors (Lipinski definition) is 1. The fraction of sp³-hybridized carbons (Fsp3) is 0.391. The number of carbonyl (C=O) groups excluding carboxylic acids is 1. The van der Waals surface area contributed by atoms with Gasteiger partial charge in [-0.3, -0.25) is 4.79 Å². The maximum absolute atomic E-state index is 13.6. The molecule has 0 radical (unpaired) electrons. The number of rotatable bonds is 6. The maximum atomic E-state index is 13.6. The zero-order valence-electron chi connectivity index (χ0n) is 17.8. The second-order valence-corrected chi connectivity index (χ2v) is 8.26. The molecule has 156 valence electrons. The van der Waals surface area contributed by atoms with Crippen LogP contribution in [0.2, 0.25) is 0 Å². The van der Waals surface area contributed by atoms with Gasteiger partial charge in [0.25, 0.3) is 5.95 Å². The lowest BCUT2D eigenvalue weighted by Gasteiger charge is -2.17. The van der Waals surface area contributed by atoms with Crippen molar-refractivity contribution >= 4 is 5.91 Å². The SMILES string of the molecule is Cc1cc(C)nc(-n2nc(C)c(CC(=O)NCC3(c4cccc(F)c4)CC3)c2C)n1. The van der Waals surface area contributed by atoms with Gasteiger partial charge in [0.15, 0.2) is 0 Å². The van der Waals surface area contributed by atoms with Gasteiger partial charge < -0.3 is 5.32 Å². The summed E-state index contributed by atoms with van der Waals surface area (Å²) in [6.07, 6.45) is 2.15. The Bertz CT molecular complexity index is 1100. The van der Waals surface area contributed by atoms with Crippen molar-refractivity contribution < 1.29 is 9.18 Å². The van der Waals surface area contributed by atoms with Crippen LogP contribution in [0.4, 0.5) is 4.39 Å². The normalized spacial score (nSPS) is 14.6. The topological polar surface area (TPSA) is 72.7 Å². The first-order valence-electron chi connectivity index (χ1n) is 10.2. The molecule has 0 saturated heterocycles. The highest BCUT2D eigenvalue weighted by Gasteiger charge is 2.44. The largest absolute Gasteiger partial charge is 0.355 e. The molecular formula is C23H26FN5O. The molecule has 1 amide bonds. The molecule has 3 aromatic rings. The van der Waals surface area contributed by atoms with Gasteiger partial charge in [0.05, 0.1) is 12.1 Å². The zero-order valence-corrected chi connectivity index (χ0v) is 17.8. The number of benzene rings is 1. The van der Waals surface area contributed by atoms with Crippen LogP contribution in [-0.4, -0.2) is 32.2 Å². The molecule has 6 nitrogen and oxygen atoms in total. The zero-order chi connectivity index (χ0) is 21.5. The molecule has 7 heteroatoms. The van der Waals surface area contributed by atoms with E-state index in [-0.39, 0.29) is 23.6 Å². The highest BCUT2D eigenvalue weighted by molar-refractivity contribution is 5.79. The van der Waals surface area contributed by atoms with Crippen molar-refractivity contribution in [2.45, 2.75) is 52.4 Å². The molecule has 0 atom stereocenters. The first kappa shape index (κ1) is 20.2. The second-order valence-electron chi connectivity index (χ2n) is 8.26. The molecule has 1 fully saturated rings. The van der Waals surface area contributed by atoms with E-state index in [0.717, 1.165) is 46.7 Å². The van der Waals surface area contributed by atoms with Crippen LogP contribution >= 0.6 is 0 Å². The van der Waals surface area contributed by atoms with Crippen molar-refractivity contribution in [1.29, 1.82) is 0 Å². The first-order chi connectivity index (χ1) is 14.3. The second kappa shape index (κ2) is 7.63. The van der Waals surface area contributed by atoms with Gasteiger partial charge in [-0.2, -0.15) is 5.10 Å². The van der Waals surface area contributed by atoms with Crippen LogP contribution < -0.4 is 5.32 Å². The van der Waals surface area contributed by atoms with E-state index in [2.05, 4.69) is 20.4 Å². The summed E-state index contributed by atoms with van der Waals surface area (Å²) in [5.41, 5.74) is 5.09. The van der Waals surface area contributed by atoms with Gasteiger partial charge in [-0.15, -0.1) is 0 Å². The Hall–Kier alpha value is -3.09. The van der Waals surface area contributed by atoms with Gasteiger partial charge >= 0.3 is 0 Å². The van der Waals surface area contributed by atoms with Crippen molar-refractivity contribution in [3.8, 4) is 5.95 Å². The predicted molar refractivity (Wildman–Crippen MR) is 112 cm³/mol. The molecule has 4 rings (SSSR count). The Labute approximate surface area is 175 Å². The summed E-state index contributed by atoms with van der Waals surface area (Å²) >= 11 is 0. The summed E-state index contributed by atoms with van der Waals surface area (Å²) in [4.78, 5) is 21.6. The van der Waals surface area contributed by atoms with Crippen molar-refractivity contribution in [2.75, 3.05) is 6.54 Å². The number of nitrogens with one attached hydrogen (secondary N) is 1. The minimum absolute atomic E-state index is 0.0650. The summed E-state index contributed by atoms with van der Waals surface area (Å²) in [6.45, 7) is 8.18.